The summed E-state index contributed by atoms with van der Waals surface area (Å²) in [4.78, 5) is 2.22. The number of aliphatic hydroxyl groups excluding tert-OH is 1. The van der Waals surface area contributed by atoms with Gasteiger partial charge < -0.3 is 15.3 Å². The van der Waals surface area contributed by atoms with E-state index in [2.05, 4.69) is 22.4 Å². The maximum absolute atomic E-state index is 9.62. The van der Waals surface area contributed by atoms with Gasteiger partial charge in [-0.15, -0.1) is 0 Å². The van der Waals surface area contributed by atoms with Gasteiger partial charge in [0.2, 0.25) is 0 Å². The molecule has 1 heterocycles. The Hall–Kier alpha value is -1.57. The molecule has 4 nitrogen and oxygen atoms in total. The Balaban J connectivity index is 2.32. The lowest BCUT2D eigenvalue weighted by Gasteiger charge is -2.31. The third kappa shape index (κ3) is 3.30. The number of rotatable bonds is 4. The van der Waals surface area contributed by atoms with E-state index in [0.29, 0.717) is 5.56 Å². The van der Waals surface area contributed by atoms with Crippen molar-refractivity contribution in [2.45, 2.75) is 38.3 Å². The fourth-order valence-corrected chi connectivity index (χ4v) is 2.92. The van der Waals surface area contributed by atoms with Crippen LogP contribution in [0.4, 0.5) is 5.69 Å². The van der Waals surface area contributed by atoms with Crippen LogP contribution in [0.2, 0.25) is 0 Å². The zero-order chi connectivity index (χ0) is 14.4. The molecule has 1 aliphatic rings. The molecule has 1 aliphatic heterocycles. The van der Waals surface area contributed by atoms with Crippen molar-refractivity contribution in [1.29, 1.82) is 5.26 Å². The predicted octanol–water partition coefficient (Wildman–Crippen LogP) is 2.02. The van der Waals surface area contributed by atoms with Crippen LogP contribution in [0.5, 0.6) is 0 Å². The van der Waals surface area contributed by atoms with Crippen molar-refractivity contribution < 1.29 is 5.11 Å². The quantitative estimate of drug-likeness (QED) is 0.881. The average molecular weight is 273 g/mol. The van der Waals surface area contributed by atoms with Crippen molar-refractivity contribution in [2.24, 2.45) is 0 Å². The Morgan fingerprint density at radius 1 is 1.40 bits per heavy atom. The van der Waals surface area contributed by atoms with Crippen LogP contribution in [-0.4, -0.2) is 31.3 Å². The van der Waals surface area contributed by atoms with Crippen LogP contribution in [0, 0.1) is 11.3 Å². The van der Waals surface area contributed by atoms with Crippen molar-refractivity contribution in [1.82, 2.24) is 5.32 Å². The van der Waals surface area contributed by atoms with Crippen LogP contribution >= 0.6 is 0 Å². The third-order valence-electron chi connectivity index (χ3n) is 3.96. The van der Waals surface area contributed by atoms with Crippen LogP contribution in [0.3, 0.4) is 0 Å². The van der Waals surface area contributed by atoms with E-state index in [1.807, 2.05) is 19.2 Å². The molecule has 0 amide bonds. The van der Waals surface area contributed by atoms with E-state index in [0.717, 1.165) is 43.6 Å². The highest BCUT2D eigenvalue weighted by Gasteiger charge is 2.22. The van der Waals surface area contributed by atoms with Crippen LogP contribution in [0.15, 0.2) is 18.2 Å². The second-order valence-corrected chi connectivity index (χ2v) is 5.37. The molecule has 20 heavy (non-hydrogen) atoms. The van der Waals surface area contributed by atoms with Gasteiger partial charge in [-0.25, -0.2) is 0 Å². The first-order valence-corrected chi connectivity index (χ1v) is 7.35. The molecule has 0 spiro atoms. The minimum atomic E-state index is 0.139. The summed E-state index contributed by atoms with van der Waals surface area (Å²) >= 11 is 0. The van der Waals surface area contributed by atoms with Gasteiger partial charge in [-0.1, -0.05) is 18.9 Å². The zero-order valence-corrected chi connectivity index (χ0v) is 12.1. The molecule has 1 atom stereocenters. The standard InChI is InChI=1S/C16H23N3O/c1-18-11-13-6-7-16(14(9-13)10-17)19-8-4-2-3-5-15(19)12-20/h6-7,9,15,18,20H,2-5,8,11-12H2,1H3. The van der Waals surface area contributed by atoms with E-state index >= 15 is 0 Å². The molecule has 0 bridgehead atoms. The van der Waals surface area contributed by atoms with Gasteiger partial charge >= 0.3 is 0 Å². The maximum atomic E-state index is 9.62. The van der Waals surface area contributed by atoms with E-state index in [1.165, 1.54) is 6.42 Å². The number of nitriles is 1. The molecule has 108 valence electrons. The number of nitrogens with one attached hydrogen (secondary N) is 1. The Kier molecular flexibility index (Phi) is 5.40. The van der Waals surface area contributed by atoms with Crippen molar-refractivity contribution in [2.75, 3.05) is 25.1 Å². The predicted molar refractivity (Wildman–Crippen MR) is 80.6 cm³/mol. The maximum Gasteiger partial charge on any atom is 0.101 e. The van der Waals surface area contributed by atoms with Gasteiger partial charge in [-0.2, -0.15) is 5.26 Å². The topological polar surface area (TPSA) is 59.3 Å². The summed E-state index contributed by atoms with van der Waals surface area (Å²) in [6, 6.07) is 8.48. The Labute approximate surface area is 121 Å². The molecule has 0 aromatic heterocycles. The van der Waals surface area contributed by atoms with Gasteiger partial charge in [0.15, 0.2) is 0 Å². The van der Waals surface area contributed by atoms with Crippen molar-refractivity contribution in [3.8, 4) is 6.07 Å². The Morgan fingerprint density at radius 2 is 2.25 bits per heavy atom. The summed E-state index contributed by atoms with van der Waals surface area (Å²) in [5.74, 6) is 0. The summed E-state index contributed by atoms with van der Waals surface area (Å²) < 4.78 is 0. The fraction of sp³-hybridized carbons (Fsp3) is 0.562. The molecule has 1 aromatic carbocycles. The molecule has 2 rings (SSSR count). The molecule has 0 saturated carbocycles. The smallest absolute Gasteiger partial charge is 0.101 e. The lowest BCUT2D eigenvalue weighted by Crippen LogP contribution is -2.38. The highest BCUT2D eigenvalue weighted by molar-refractivity contribution is 5.61. The first-order valence-electron chi connectivity index (χ1n) is 7.35. The molecule has 1 aromatic rings. The summed E-state index contributed by atoms with van der Waals surface area (Å²) in [7, 11) is 1.90. The van der Waals surface area contributed by atoms with Crippen molar-refractivity contribution in [3.63, 3.8) is 0 Å². The Morgan fingerprint density at radius 3 is 2.95 bits per heavy atom. The molecular weight excluding hydrogens is 250 g/mol. The first-order chi connectivity index (χ1) is 9.80. The molecule has 0 radical (unpaired) electrons. The molecule has 1 fully saturated rings. The lowest BCUT2D eigenvalue weighted by molar-refractivity contribution is 0.255. The average Bonchev–Trinajstić information content (AvgIpc) is 2.72. The lowest BCUT2D eigenvalue weighted by atomic mass is 10.1. The monoisotopic (exact) mass is 273 g/mol. The number of hydrogen-bond donors (Lipinski definition) is 2. The van der Waals surface area contributed by atoms with E-state index in [1.54, 1.807) is 0 Å². The fourth-order valence-electron chi connectivity index (χ4n) is 2.92. The summed E-state index contributed by atoms with van der Waals surface area (Å²) in [5.41, 5.74) is 2.79. The highest BCUT2D eigenvalue weighted by Crippen LogP contribution is 2.28. The third-order valence-corrected chi connectivity index (χ3v) is 3.96. The molecule has 2 N–H and O–H groups in total. The Bertz CT molecular complexity index is 481. The number of nitrogens with zero attached hydrogens (tertiary/aromatic N) is 2. The number of aliphatic hydroxyl groups is 1. The van der Waals surface area contributed by atoms with Crippen molar-refractivity contribution in [3.05, 3.63) is 29.3 Å². The SMILES string of the molecule is CNCc1ccc(N2CCCCCC2CO)c(C#N)c1. The molecule has 0 aliphatic carbocycles. The van der Waals surface area contributed by atoms with Crippen LogP contribution in [-0.2, 0) is 6.54 Å². The highest BCUT2D eigenvalue weighted by atomic mass is 16.3. The molecule has 1 saturated heterocycles. The summed E-state index contributed by atoms with van der Waals surface area (Å²) in [6.45, 7) is 1.84. The van der Waals surface area contributed by atoms with E-state index in [-0.39, 0.29) is 12.6 Å². The summed E-state index contributed by atoms with van der Waals surface area (Å²) in [6.07, 6.45) is 4.48. The van der Waals surface area contributed by atoms with Crippen molar-refractivity contribution >= 4 is 5.69 Å². The summed E-state index contributed by atoms with van der Waals surface area (Å²) in [5, 5.41) is 22.1. The molecule has 1 unspecified atom stereocenters. The van der Waals surface area contributed by atoms with Gasteiger partial charge in [0, 0.05) is 13.1 Å². The van der Waals surface area contributed by atoms with Gasteiger partial charge in [-0.05, 0) is 37.6 Å². The first kappa shape index (κ1) is 14.8. The van der Waals surface area contributed by atoms with E-state index in [9.17, 15) is 10.4 Å². The second kappa shape index (κ2) is 7.28. The molecule has 4 heteroatoms. The second-order valence-electron chi connectivity index (χ2n) is 5.37. The number of anilines is 1. The number of benzene rings is 1. The zero-order valence-electron chi connectivity index (χ0n) is 12.1. The minimum Gasteiger partial charge on any atom is -0.394 e. The van der Waals surface area contributed by atoms with Gasteiger partial charge in [0.1, 0.15) is 6.07 Å². The van der Waals surface area contributed by atoms with Gasteiger partial charge in [-0.3, -0.25) is 0 Å². The van der Waals surface area contributed by atoms with E-state index in [4.69, 9.17) is 0 Å². The van der Waals surface area contributed by atoms with Crippen LogP contribution in [0.25, 0.3) is 0 Å². The van der Waals surface area contributed by atoms with Crippen LogP contribution in [0.1, 0.15) is 36.8 Å². The number of hydrogen-bond acceptors (Lipinski definition) is 4. The largest absolute Gasteiger partial charge is 0.394 e. The minimum absolute atomic E-state index is 0.139. The van der Waals surface area contributed by atoms with E-state index < -0.39 is 0 Å². The molecular formula is C16H23N3O. The van der Waals surface area contributed by atoms with Gasteiger partial charge in [0.25, 0.3) is 0 Å². The van der Waals surface area contributed by atoms with Gasteiger partial charge in [0.05, 0.1) is 23.9 Å². The van der Waals surface area contributed by atoms with Crippen LogP contribution < -0.4 is 10.2 Å². The normalized spacial score (nSPS) is 19.4.